The van der Waals surface area contributed by atoms with Crippen LogP contribution in [0.2, 0.25) is 0 Å². The number of hydrogen-bond acceptors (Lipinski definition) is 5. The van der Waals surface area contributed by atoms with Crippen molar-refractivity contribution in [1.82, 2.24) is 10.0 Å². The molecule has 1 aromatic carbocycles. The van der Waals surface area contributed by atoms with Gasteiger partial charge in [-0.15, -0.1) is 12.4 Å². The van der Waals surface area contributed by atoms with E-state index in [1.54, 1.807) is 27.8 Å². The summed E-state index contributed by atoms with van der Waals surface area (Å²) >= 11 is 0. The van der Waals surface area contributed by atoms with Gasteiger partial charge in [-0.05, 0) is 45.0 Å². The molecule has 0 aliphatic rings. The van der Waals surface area contributed by atoms with Crippen LogP contribution in [0, 0.1) is 24.0 Å². The molecule has 9 heteroatoms. The third-order valence-electron chi connectivity index (χ3n) is 3.13. The molecule has 1 unspecified atom stereocenters. The van der Waals surface area contributed by atoms with Crippen LogP contribution in [-0.2, 0) is 10.0 Å². The van der Waals surface area contributed by atoms with Gasteiger partial charge in [0.05, 0.1) is 4.92 Å². The van der Waals surface area contributed by atoms with Gasteiger partial charge in [0, 0.05) is 18.7 Å². The highest BCUT2D eigenvalue weighted by Gasteiger charge is 2.26. The lowest BCUT2D eigenvalue weighted by molar-refractivity contribution is -0.387. The van der Waals surface area contributed by atoms with Crippen molar-refractivity contribution in [2.45, 2.75) is 31.7 Å². The van der Waals surface area contributed by atoms with Gasteiger partial charge in [0.25, 0.3) is 5.69 Å². The molecule has 0 fully saturated rings. The fourth-order valence-corrected chi connectivity index (χ4v) is 2.91. The Hall–Kier alpha value is -1.22. The number of nitrogens with zero attached hydrogens (tertiary/aromatic N) is 1. The van der Waals surface area contributed by atoms with Crippen molar-refractivity contribution >= 4 is 28.1 Å². The van der Waals surface area contributed by atoms with Gasteiger partial charge in [-0.25, -0.2) is 13.1 Å². The van der Waals surface area contributed by atoms with Crippen LogP contribution in [0.15, 0.2) is 17.0 Å². The molecule has 0 amide bonds. The summed E-state index contributed by atoms with van der Waals surface area (Å²) in [6.07, 6.45) is 0. The molecule has 0 aromatic heterocycles. The molecule has 0 saturated heterocycles. The van der Waals surface area contributed by atoms with Crippen LogP contribution >= 0.6 is 12.4 Å². The van der Waals surface area contributed by atoms with E-state index in [-0.39, 0.29) is 29.9 Å². The summed E-state index contributed by atoms with van der Waals surface area (Å²) in [4.78, 5) is 10.1. The van der Waals surface area contributed by atoms with E-state index in [2.05, 4.69) is 10.0 Å². The van der Waals surface area contributed by atoms with Gasteiger partial charge in [0.15, 0.2) is 4.90 Å². The number of nitro groups is 1. The summed E-state index contributed by atoms with van der Waals surface area (Å²) in [6, 6.07) is 2.54. The number of halogens is 1. The Bertz CT molecular complexity index is 619. The van der Waals surface area contributed by atoms with E-state index in [0.717, 1.165) is 0 Å². The minimum atomic E-state index is -3.91. The van der Waals surface area contributed by atoms with E-state index in [4.69, 9.17) is 0 Å². The highest BCUT2D eigenvalue weighted by molar-refractivity contribution is 7.89. The molecule has 7 nitrogen and oxygen atoms in total. The zero-order valence-corrected chi connectivity index (χ0v) is 14.0. The summed E-state index contributed by atoms with van der Waals surface area (Å²) in [5.41, 5.74) is 0.967. The Balaban J connectivity index is 0.00000400. The second-order valence-corrected chi connectivity index (χ2v) is 6.44. The molecule has 21 heavy (non-hydrogen) atoms. The van der Waals surface area contributed by atoms with E-state index in [9.17, 15) is 18.5 Å². The average Bonchev–Trinajstić information content (AvgIpc) is 2.38. The van der Waals surface area contributed by atoms with E-state index >= 15 is 0 Å². The smallest absolute Gasteiger partial charge is 0.289 e. The van der Waals surface area contributed by atoms with Crippen molar-refractivity contribution in [1.29, 1.82) is 0 Å². The number of rotatable bonds is 6. The largest absolute Gasteiger partial charge is 0.316 e. The third kappa shape index (κ3) is 4.92. The van der Waals surface area contributed by atoms with E-state index in [1.165, 1.54) is 12.1 Å². The fourth-order valence-electron chi connectivity index (χ4n) is 1.55. The minimum absolute atomic E-state index is 0. The van der Waals surface area contributed by atoms with Crippen LogP contribution in [-0.4, -0.2) is 33.0 Å². The lowest BCUT2D eigenvalue weighted by Crippen LogP contribution is -2.37. The van der Waals surface area contributed by atoms with Crippen LogP contribution < -0.4 is 10.0 Å². The van der Waals surface area contributed by atoms with Crippen LogP contribution in [0.4, 0.5) is 5.69 Å². The van der Waals surface area contributed by atoms with Crippen molar-refractivity contribution in [3.8, 4) is 0 Å². The average molecular weight is 338 g/mol. The molecular formula is C12H20ClN3O4S. The normalized spacial score (nSPS) is 12.6. The SMILES string of the molecule is CNC(C)CNS(=O)(=O)c1cc(C)c(C)cc1[N+](=O)[O-].Cl. The van der Waals surface area contributed by atoms with Gasteiger partial charge < -0.3 is 5.32 Å². The molecule has 0 bridgehead atoms. The van der Waals surface area contributed by atoms with Gasteiger partial charge in [-0.3, -0.25) is 10.1 Å². The topological polar surface area (TPSA) is 101 Å². The first kappa shape index (κ1) is 19.8. The number of aryl methyl sites for hydroxylation is 2. The maximum absolute atomic E-state index is 12.2. The molecule has 0 heterocycles. The summed E-state index contributed by atoms with van der Waals surface area (Å²) in [7, 11) is -2.21. The maximum Gasteiger partial charge on any atom is 0.289 e. The third-order valence-corrected chi connectivity index (χ3v) is 4.59. The van der Waals surface area contributed by atoms with Crippen molar-refractivity contribution in [2.24, 2.45) is 0 Å². The first-order chi connectivity index (χ1) is 9.19. The number of hydrogen-bond donors (Lipinski definition) is 2. The van der Waals surface area contributed by atoms with E-state index in [1.807, 2.05) is 0 Å². The number of nitrogens with one attached hydrogen (secondary N) is 2. The van der Waals surface area contributed by atoms with Gasteiger partial charge >= 0.3 is 0 Å². The molecule has 0 saturated carbocycles. The first-order valence-electron chi connectivity index (χ1n) is 6.11. The Morgan fingerprint density at radius 1 is 1.29 bits per heavy atom. The zero-order chi connectivity index (χ0) is 15.5. The molecule has 1 atom stereocenters. The Kier molecular flexibility index (Phi) is 7.25. The van der Waals surface area contributed by atoms with Gasteiger partial charge in [-0.1, -0.05) is 0 Å². The molecule has 120 valence electrons. The molecule has 0 radical (unpaired) electrons. The molecule has 1 rings (SSSR count). The quantitative estimate of drug-likeness (QED) is 0.605. The standard InChI is InChI=1S/C12H19N3O4S.ClH/c1-8-5-11(15(16)17)12(6-9(8)2)20(18,19)14-7-10(3)13-4;/h5-6,10,13-14H,7H2,1-4H3;1H. The van der Waals surface area contributed by atoms with Gasteiger partial charge in [0.1, 0.15) is 0 Å². The second-order valence-electron chi connectivity index (χ2n) is 4.70. The van der Waals surface area contributed by atoms with Gasteiger partial charge in [-0.2, -0.15) is 0 Å². The monoisotopic (exact) mass is 337 g/mol. The number of likely N-dealkylation sites (N-methyl/N-ethyl adjacent to an activating group) is 1. The first-order valence-corrected chi connectivity index (χ1v) is 7.60. The summed E-state index contributed by atoms with van der Waals surface area (Å²) in [5, 5.41) is 13.9. The van der Waals surface area contributed by atoms with Crippen LogP contribution in [0.3, 0.4) is 0 Å². The fraction of sp³-hybridized carbons (Fsp3) is 0.500. The van der Waals surface area contributed by atoms with Crippen LogP contribution in [0.1, 0.15) is 18.1 Å². The Morgan fingerprint density at radius 3 is 2.29 bits per heavy atom. The van der Waals surface area contributed by atoms with E-state index in [0.29, 0.717) is 11.1 Å². The van der Waals surface area contributed by atoms with Gasteiger partial charge in [0.2, 0.25) is 10.0 Å². The Labute approximate surface area is 130 Å². The summed E-state index contributed by atoms with van der Waals surface area (Å²) in [6.45, 7) is 5.38. The van der Waals surface area contributed by atoms with Crippen molar-refractivity contribution in [3.63, 3.8) is 0 Å². The number of benzene rings is 1. The van der Waals surface area contributed by atoms with E-state index < -0.39 is 20.6 Å². The summed E-state index contributed by atoms with van der Waals surface area (Å²) in [5.74, 6) is 0. The predicted octanol–water partition coefficient (Wildman–Crippen LogP) is 1.52. The zero-order valence-electron chi connectivity index (χ0n) is 12.3. The lowest BCUT2D eigenvalue weighted by Gasteiger charge is -2.13. The molecule has 0 aliphatic heterocycles. The molecule has 2 N–H and O–H groups in total. The molecule has 1 aromatic rings. The van der Waals surface area contributed by atoms with Crippen molar-refractivity contribution in [3.05, 3.63) is 33.4 Å². The number of nitro benzene ring substituents is 1. The molecule has 0 spiro atoms. The summed E-state index contributed by atoms with van der Waals surface area (Å²) < 4.78 is 26.8. The van der Waals surface area contributed by atoms with Crippen molar-refractivity contribution in [2.75, 3.05) is 13.6 Å². The maximum atomic E-state index is 12.2. The lowest BCUT2D eigenvalue weighted by atomic mass is 10.1. The van der Waals surface area contributed by atoms with Crippen molar-refractivity contribution < 1.29 is 13.3 Å². The van der Waals surface area contributed by atoms with Crippen LogP contribution in [0.5, 0.6) is 0 Å². The highest BCUT2D eigenvalue weighted by Crippen LogP contribution is 2.27. The number of sulfonamides is 1. The predicted molar refractivity (Wildman–Crippen MR) is 83.5 cm³/mol. The molecule has 0 aliphatic carbocycles. The Morgan fingerprint density at radius 2 is 1.81 bits per heavy atom. The molecular weight excluding hydrogens is 318 g/mol. The second kappa shape index (κ2) is 7.69. The minimum Gasteiger partial charge on any atom is -0.316 e. The highest BCUT2D eigenvalue weighted by atomic mass is 35.5. The van der Waals surface area contributed by atoms with Crippen LogP contribution in [0.25, 0.3) is 0 Å².